The SMILES string of the molecule is CC(=O)C1=NN(c2ccc(C)cc2)C2=NC(=O)CC(=O)N12. The number of anilines is 1. The van der Waals surface area contributed by atoms with Crippen LogP contribution in [0.4, 0.5) is 5.69 Å². The lowest BCUT2D eigenvalue weighted by molar-refractivity contribution is -0.131. The van der Waals surface area contributed by atoms with Crippen LogP contribution in [0.3, 0.4) is 0 Å². The molecule has 1 aromatic rings. The second-order valence-corrected chi connectivity index (χ2v) is 4.84. The van der Waals surface area contributed by atoms with Crippen molar-refractivity contribution in [3.8, 4) is 0 Å². The zero-order chi connectivity index (χ0) is 15.1. The van der Waals surface area contributed by atoms with Crippen LogP contribution in [0.2, 0.25) is 0 Å². The van der Waals surface area contributed by atoms with Crippen LogP contribution in [0.15, 0.2) is 34.4 Å². The molecule has 2 heterocycles. The van der Waals surface area contributed by atoms with Crippen molar-refractivity contribution in [3.63, 3.8) is 0 Å². The van der Waals surface area contributed by atoms with Crippen molar-refractivity contribution in [2.75, 3.05) is 5.01 Å². The average Bonchev–Trinajstić information content (AvgIpc) is 2.79. The molecule has 0 aromatic heterocycles. The van der Waals surface area contributed by atoms with Crippen molar-refractivity contribution in [2.24, 2.45) is 10.1 Å². The van der Waals surface area contributed by atoms with Gasteiger partial charge in [0.2, 0.25) is 17.7 Å². The number of hydrazone groups is 1. The highest BCUT2D eigenvalue weighted by atomic mass is 16.2. The fourth-order valence-electron chi connectivity index (χ4n) is 2.15. The summed E-state index contributed by atoms with van der Waals surface area (Å²) in [5, 5.41) is 5.48. The molecule has 21 heavy (non-hydrogen) atoms. The monoisotopic (exact) mass is 284 g/mol. The van der Waals surface area contributed by atoms with E-state index in [1.165, 1.54) is 11.9 Å². The van der Waals surface area contributed by atoms with Gasteiger partial charge in [-0.3, -0.25) is 14.4 Å². The molecule has 106 valence electrons. The second-order valence-electron chi connectivity index (χ2n) is 4.84. The van der Waals surface area contributed by atoms with Gasteiger partial charge in [0.15, 0.2) is 5.78 Å². The molecule has 2 amide bonds. The van der Waals surface area contributed by atoms with Gasteiger partial charge in [-0.25, -0.2) is 4.90 Å². The third-order valence-corrected chi connectivity index (χ3v) is 3.17. The van der Waals surface area contributed by atoms with Crippen molar-refractivity contribution in [1.29, 1.82) is 0 Å². The number of rotatable bonds is 2. The molecule has 0 atom stereocenters. The fourth-order valence-corrected chi connectivity index (χ4v) is 2.15. The molecule has 7 nitrogen and oxygen atoms in total. The summed E-state index contributed by atoms with van der Waals surface area (Å²) in [6, 6.07) is 7.31. The van der Waals surface area contributed by atoms with Crippen molar-refractivity contribution >= 4 is 35.1 Å². The van der Waals surface area contributed by atoms with E-state index >= 15 is 0 Å². The largest absolute Gasteiger partial charge is 0.291 e. The van der Waals surface area contributed by atoms with Crippen molar-refractivity contribution in [2.45, 2.75) is 20.3 Å². The number of nitrogens with zero attached hydrogens (tertiary/aromatic N) is 4. The molecule has 3 rings (SSSR count). The molecule has 0 unspecified atom stereocenters. The Morgan fingerprint density at radius 2 is 1.86 bits per heavy atom. The molecule has 0 radical (unpaired) electrons. The summed E-state index contributed by atoms with van der Waals surface area (Å²) >= 11 is 0. The summed E-state index contributed by atoms with van der Waals surface area (Å²) < 4.78 is 0. The topological polar surface area (TPSA) is 82.4 Å². The van der Waals surface area contributed by atoms with E-state index in [2.05, 4.69) is 10.1 Å². The van der Waals surface area contributed by atoms with E-state index in [1.54, 1.807) is 12.1 Å². The molecular weight excluding hydrogens is 272 g/mol. The average molecular weight is 284 g/mol. The number of aliphatic imine (C=N–C) groups is 1. The first kappa shape index (κ1) is 13.2. The molecule has 0 fully saturated rings. The number of carbonyl (C=O) groups excluding carboxylic acids is 3. The smallest absolute Gasteiger partial charge is 0.258 e. The molecular formula is C14H12N4O3. The lowest BCUT2D eigenvalue weighted by Gasteiger charge is -2.23. The Hall–Kier alpha value is -2.83. The van der Waals surface area contributed by atoms with Crippen LogP contribution >= 0.6 is 0 Å². The molecule has 2 aliphatic rings. The number of fused-ring (bicyclic) bond motifs is 1. The molecule has 0 saturated heterocycles. The Bertz CT molecular complexity index is 718. The first-order valence-corrected chi connectivity index (χ1v) is 6.38. The Morgan fingerprint density at radius 1 is 1.19 bits per heavy atom. The van der Waals surface area contributed by atoms with E-state index in [0.717, 1.165) is 10.5 Å². The van der Waals surface area contributed by atoms with E-state index in [4.69, 9.17) is 0 Å². The number of amides is 2. The Kier molecular flexibility index (Phi) is 2.90. The molecule has 0 spiro atoms. The minimum atomic E-state index is -0.539. The van der Waals surface area contributed by atoms with E-state index in [9.17, 15) is 14.4 Å². The van der Waals surface area contributed by atoms with Gasteiger partial charge in [-0.2, -0.15) is 10.0 Å². The van der Waals surface area contributed by atoms with E-state index in [-0.39, 0.29) is 24.0 Å². The van der Waals surface area contributed by atoms with Gasteiger partial charge in [0.25, 0.3) is 5.91 Å². The van der Waals surface area contributed by atoms with Gasteiger partial charge in [0, 0.05) is 6.92 Å². The van der Waals surface area contributed by atoms with Crippen LogP contribution in [-0.4, -0.2) is 34.3 Å². The van der Waals surface area contributed by atoms with Gasteiger partial charge >= 0.3 is 0 Å². The van der Waals surface area contributed by atoms with Gasteiger partial charge in [-0.15, -0.1) is 5.10 Å². The van der Waals surface area contributed by atoms with Crippen LogP contribution in [0.5, 0.6) is 0 Å². The molecule has 7 heteroatoms. The molecule has 0 bridgehead atoms. The summed E-state index contributed by atoms with van der Waals surface area (Å²) in [5.41, 5.74) is 1.69. The van der Waals surface area contributed by atoms with E-state index < -0.39 is 11.8 Å². The number of guanidine groups is 1. The first-order chi connectivity index (χ1) is 9.97. The molecule has 0 N–H and O–H groups in total. The third kappa shape index (κ3) is 2.12. The number of aryl methyl sites for hydroxylation is 1. The maximum Gasteiger partial charge on any atom is 0.258 e. The quantitative estimate of drug-likeness (QED) is 0.753. The van der Waals surface area contributed by atoms with Gasteiger partial charge in [0.1, 0.15) is 6.42 Å². The predicted octanol–water partition coefficient (Wildman–Crippen LogP) is 0.832. The van der Waals surface area contributed by atoms with Crippen LogP contribution in [0.1, 0.15) is 18.9 Å². The Balaban J connectivity index is 2.11. The van der Waals surface area contributed by atoms with E-state index in [0.29, 0.717) is 5.69 Å². The van der Waals surface area contributed by atoms with Crippen molar-refractivity contribution < 1.29 is 14.4 Å². The lowest BCUT2D eigenvalue weighted by Crippen LogP contribution is -2.47. The number of hydrogen-bond acceptors (Lipinski definition) is 5. The van der Waals surface area contributed by atoms with Crippen molar-refractivity contribution in [3.05, 3.63) is 29.8 Å². The fraction of sp³-hybridized carbons (Fsp3) is 0.214. The number of benzene rings is 1. The third-order valence-electron chi connectivity index (χ3n) is 3.17. The number of ketones is 1. The van der Waals surface area contributed by atoms with Gasteiger partial charge in [0.05, 0.1) is 5.69 Å². The Labute approximate surface area is 120 Å². The first-order valence-electron chi connectivity index (χ1n) is 6.38. The molecule has 0 aliphatic carbocycles. The van der Waals surface area contributed by atoms with Gasteiger partial charge < -0.3 is 0 Å². The summed E-state index contributed by atoms with van der Waals surface area (Å²) in [6.45, 7) is 3.26. The van der Waals surface area contributed by atoms with Crippen molar-refractivity contribution in [1.82, 2.24) is 4.90 Å². The van der Waals surface area contributed by atoms with Crippen LogP contribution in [-0.2, 0) is 14.4 Å². The minimum Gasteiger partial charge on any atom is -0.291 e. The normalized spacial score (nSPS) is 17.6. The molecule has 2 aliphatic heterocycles. The maximum atomic E-state index is 12.0. The number of hydrogen-bond donors (Lipinski definition) is 0. The highest BCUT2D eigenvalue weighted by Gasteiger charge is 2.42. The summed E-state index contributed by atoms with van der Waals surface area (Å²) in [4.78, 5) is 40.1. The number of carbonyl (C=O) groups is 3. The van der Waals surface area contributed by atoms with Crippen LogP contribution in [0, 0.1) is 6.92 Å². The number of Topliss-reactive ketones (excluding diaryl/α,β-unsaturated/α-hetero) is 1. The lowest BCUT2D eigenvalue weighted by atomic mass is 10.2. The van der Waals surface area contributed by atoms with Gasteiger partial charge in [-0.1, -0.05) is 17.7 Å². The zero-order valence-electron chi connectivity index (χ0n) is 11.5. The van der Waals surface area contributed by atoms with Gasteiger partial charge in [-0.05, 0) is 19.1 Å². The second kappa shape index (κ2) is 4.62. The summed E-state index contributed by atoms with van der Waals surface area (Å²) in [6.07, 6.45) is -0.350. The zero-order valence-corrected chi connectivity index (χ0v) is 11.5. The standard InChI is InChI=1S/C14H12N4O3/c1-8-3-5-10(6-4-8)18-14-15-11(20)7-12(21)17(14)13(16-18)9(2)19/h3-6H,7H2,1-2H3. The number of amidine groups is 1. The summed E-state index contributed by atoms with van der Waals surface area (Å²) in [5.74, 6) is -1.35. The molecule has 1 aromatic carbocycles. The Morgan fingerprint density at radius 3 is 2.48 bits per heavy atom. The summed E-state index contributed by atoms with van der Waals surface area (Å²) in [7, 11) is 0. The highest BCUT2D eigenvalue weighted by molar-refractivity contribution is 6.48. The highest BCUT2D eigenvalue weighted by Crippen LogP contribution is 2.25. The van der Waals surface area contributed by atoms with Crippen LogP contribution < -0.4 is 5.01 Å². The maximum absolute atomic E-state index is 12.0. The minimum absolute atomic E-state index is 0.0215. The van der Waals surface area contributed by atoms with Crippen LogP contribution in [0.25, 0.3) is 0 Å². The molecule has 0 saturated carbocycles. The predicted molar refractivity (Wildman–Crippen MR) is 75.7 cm³/mol. The van der Waals surface area contributed by atoms with E-state index in [1.807, 2.05) is 19.1 Å².